The summed E-state index contributed by atoms with van der Waals surface area (Å²) in [5.74, 6) is 2.02. The fourth-order valence-electron chi connectivity index (χ4n) is 2.27. The second kappa shape index (κ2) is 7.22. The van der Waals surface area contributed by atoms with Crippen LogP contribution < -0.4 is 5.32 Å². The fourth-order valence-corrected chi connectivity index (χ4v) is 2.27. The number of nitrogens with zero attached hydrogens (tertiary/aromatic N) is 2. The molecule has 0 radical (unpaired) electrons. The quantitative estimate of drug-likeness (QED) is 0.842. The van der Waals surface area contributed by atoms with Crippen LogP contribution in [0.15, 0.2) is 35.0 Å². The standard InChI is InChI=1S/C16H23N3O/c1-4-19(11-14-5-7-18-8-6-14)12-15-9-16(10-17-3)20-13(15)2/h5-9,17H,4,10-12H2,1-3H3. The molecule has 0 amide bonds. The van der Waals surface area contributed by atoms with Gasteiger partial charge in [0.15, 0.2) is 0 Å². The van der Waals surface area contributed by atoms with Gasteiger partial charge in [-0.2, -0.15) is 0 Å². The summed E-state index contributed by atoms with van der Waals surface area (Å²) in [4.78, 5) is 6.46. The van der Waals surface area contributed by atoms with Crippen molar-refractivity contribution in [1.29, 1.82) is 0 Å². The first kappa shape index (κ1) is 14.8. The number of furan rings is 1. The molecule has 0 spiro atoms. The van der Waals surface area contributed by atoms with Crippen LogP contribution >= 0.6 is 0 Å². The molecule has 0 aliphatic rings. The van der Waals surface area contributed by atoms with E-state index in [1.807, 2.05) is 26.4 Å². The highest BCUT2D eigenvalue weighted by atomic mass is 16.3. The fraction of sp³-hybridized carbons (Fsp3) is 0.438. The van der Waals surface area contributed by atoms with Gasteiger partial charge in [-0.3, -0.25) is 9.88 Å². The highest BCUT2D eigenvalue weighted by Crippen LogP contribution is 2.17. The molecule has 0 saturated carbocycles. The van der Waals surface area contributed by atoms with Crippen LogP contribution in [0, 0.1) is 6.92 Å². The van der Waals surface area contributed by atoms with E-state index in [-0.39, 0.29) is 0 Å². The van der Waals surface area contributed by atoms with Crippen molar-refractivity contribution in [1.82, 2.24) is 15.2 Å². The topological polar surface area (TPSA) is 41.3 Å². The number of nitrogens with one attached hydrogen (secondary N) is 1. The molecule has 4 nitrogen and oxygen atoms in total. The Morgan fingerprint density at radius 3 is 2.65 bits per heavy atom. The van der Waals surface area contributed by atoms with E-state index in [4.69, 9.17) is 4.42 Å². The number of aromatic nitrogens is 1. The van der Waals surface area contributed by atoms with Crippen molar-refractivity contribution in [2.45, 2.75) is 33.5 Å². The molecule has 0 fully saturated rings. The monoisotopic (exact) mass is 273 g/mol. The van der Waals surface area contributed by atoms with Crippen molar-refractivity contribution in [3.8, 4) is 0 Å². The third-order valence-electron chi connectivity index (χ3n) is 3.42. The second-order valence-electron chi connectivity index (χ2n) is 4.98. The molecule has 4 heteroatoms. The van der Waals surface area contributed by atoms with Crippen LogP contribution in [0.3, 0.4) is 0 Å². The maximum atomic E-state index is 5.75. The maximum absolute atomic E-state index is 5.75. The second-order valence-corrected chi connectivity index (χ2v) is 4.98. The SMILES string of the molecule is CCN(Cc1ccncc1)Cc1cc(CNC)oc1C. The average molecular weight is 273 g/mol. The summed E-state index contributed by atoms with van der Waals surface area (Å²) in [7, 11) is 1.93. The molecule has 0 aliphatic carbocycles. The van der Waals surface area contributed by atoms with E-state index in [1.54, 1.807) is 0 Å². The van der Waals surface area contributed by atoms with Gasteiger partial charge in [0.1, 0.15) is 11.5 Å². The van der Waals surface area contributed by atoms with Crippen LogP contribution in [0.4, 0.5) is 0 Å². The van der Waals surface area contributed by atoms with Gasteiger partial charge in [0.2, 0.25) is 0 Å². The Kier molecular flexibility index (Phi) is 5.32. The van der Waals surface area contributed by atoms with E-state index in [0.29, 0.717) is 0 Å². The number of pyridine rings is 1. The van der Waals surface area contributed by atoms with Gasteiger partial charge < -0.3 is 9.73 Å². The lowest BCUT2D eigenvalue weighted by Crippen LogP contribution is -2.22. The van der Waals surface area contributed by atoms with Crippen LogP contribution in [0.25, 0.3) is 0 Å². The molecule has 2 aromatic heterocycles. The minimum Gasteiger partial charge on any atom is -0.465 e. The first-order valence-corrected chi connectivity index (χ1v) is 7.07. The summed E-state index contributed by atoms with van der Waals surface area (Å²) >= 11 is 0. The summed E-state index contributed by atoms with van der Waals surface area (Å²) in [5, 5.41) is 3.12. The Labute approximate surface area is 120 Å². The Bertz CT molecular complexity index is 522. The number of hydrogen-bond acceptors (Lipinski definition) is 4. The smallest absolute Gasteiger partial charge is 0.118 e. The third-order valence-corrected chi connectivity index (χ3v) is 3.42. The predicted molar refractivity (Wildman–Crippen MR) is 80.2 cm³/mol. The average Bonchev–Trinajstić information content (AvgIpc) is 2.79. The van der Waals surface area contributed by atoms with Crippen LogP contribution in [-0.4, -0.2) is 23.5 Å². The minimum atomic E-state index is 0.775. The van der Waals surface area contributed by atoms with Gasteiger partial charge in [0, 0.05) is 31.0 Å². The molecule has 2 rings (SSSR count). The molecule has 0 saturated heterocycles. The third kappa shape index (κ3) is 3.92. The molecule has 2 aromatic rings. The van der Waals surface area contributed by atoms with Crippen molar-refractivity contribution < 1.29 is 4.42 Å². The van der Waals surface area contributed by atoms with Gasteiger partial charge >= 0.3 is 0 Å². The summed E-state index contributed by atoms with van der Waals surface area (Å²) < 4.78 is 5.75. The lowest BCUT2D eigenvalue weighted by atomic mass is 10.2. The maximum Gasteiger partial charge on any atom is 0.118 e. The molecule has 108 valence electrons. The van der Waals surface area contributed by atoms with Crippen molar-refractivity contribution >= 4 is 0 Å². The van der Waals surface area contributed by atoms with E-state index in [1.165, 1.54) is 11.1 Å². The summed E-state index contributed by atoms with van der Waals surface area (Å²) in [6, 6.07) is 6.29. The van der Waals surface area contributed by atoms with Crippen molar-refractivity contribution in [2.24, 2.45) is 0 Å². The normalized spacial score (nSPS) is 11.2. The lowest BCUT2D eigenvalue weighted by molar-refractivity contribution is 0.269. The molecule has 0 atom stereocenters. The van der Waals surface area contributed by atoms with Crippen molar-refractivity contribution in [3.63, 3.8) is 0 Å². The van der Waals surface area contributed by atoms with Crippen LogP contribution in [0.5, 0.6) is 0 Å². The Morgan fingerprint density at radius 1 is 1.25 bits per heavy atom. The summed E-state index contributed by atoms with van der Waals surface area (Å²) in [6.07, 6.45) is 3.69. The summed E-state index contributed by atoms with van der Waals surface area (Å²) in [6.45, 7) is 7.86. The van der Waals surface area contributed by atoms with E-state index >= 15 is 0 Å². The number of aryl methyl sites for hydroxylation is 1. The molecule has 2 heterocycles. The zero-order chi connectivity index (χ0) is 14.4. The minimum absolute atomic E-state index is 0.775. The molecule has 1 N–H and O–H groups in total. The highest BCUT2D eigenvalue weighted by molar-refractivity contribution is 5.21. The number of hydrogen-bond donors (Lipinski definition) is 1. The number of rotatable bonds is 7. The van der Waals surface area contributed by atoms with Gasteiger partial charge in [0.05, 0.1) is 6.54 Å². The van der Waals surface area contributed by atoms with E-state index < -0.39 is 0 Å². The van der Waals surface area contributed by atoms with Gasteiger partial charge in [-0.05, 0) is 44.3 Å². The van der Waals surface area contributed by atoms with Gasteiger partial charge in [-0.25, -0.2) is 0 Å². The van der Waals surface area contributed by atoms with Crippen LogP contribution in [-0.2, 0) is 19.6 Å². The van der Waals surface area contributed by atoms with Crippen LogP contribution in [0.2, 0.25) is 0 Å². The molecular weight excluding hydrogens is 250 g/mol. The zero-order valence-corrected chi connectivity index (χ0v) is 12.5. The molecule has 0 bridgehead atoms. The molecule has 0 unspecified atom stereocenters. The first-order valence-electron chi connectivity index (χ1n) is 7.07. The van der Waals surface area contributed by atoms with Gasteiger partial charge in [-0.1, -0.05) is 6.92 Å². The van der Waals surface area contributed by atoms with Crippen molar-refractivity contribution in [3.05, 3.63) is 53.2 Å². The first-order chi connectivity index (χ1) is 9.72. The van der Waals surface area contributed by atoms with Gasteiger partial charge in [0.25, 0.3) is 0 Å². The zero-order valence-electron chi connectivity index (χ0n) is 12.5. The summed E-state index contributed by atoms with van der Waals surface area (Å²) in [5.41, 5.74) is 2.56. The Hall–Kier alpha value is -1.65. The predicted octanol–water partition coefficient (Wildman–Crippen LogP) is 2.72. The lowest BCUT2D eigenvalue weighted by Gasteiger charge is -2.20. The molecule has 0 aliphatic heterocycles. The Balaban J connectivity index is 2.02. The van der Waals surface area contributed by atoms with Crippen molar-refractivity contribution in [2.75, 3.05) is 13.6 Å². The largest absolute Gasteiger partial charge is 0.465 e. The molecule has 0 aromatic carbocycles. The molecular formula is C16H23N3O. The van der Waals surface area contributed by atoms with E-state index in [0.717, 1.165) is 37.7 Å². The van der Waals surface area contributed by atoms with Gasteiger partial charge in [-0.15, -0.1) is 0 Å². The Morgan fingerprint density at radius 2 is 2.00 bits per heavy atom. The highest BCUT2D eigenvalue weighted by Gasteiger charge is 2.11. The van der Waals surface area contributed by atoms with Crippen LogP contribution in [0.1, 0.15) is 29.6 Å². The molecule has 20 heavy (non-hydrogen) atoms. The van der Waals surface area contributed by atoms with E-state index in [2.05, 4.69) is 40.3 Å². The van der Waals surface area contributed by atoms with E-state index in [9.17, 15) is 0 Å².